The first kappa shape index (κ1) is 22.8. The van der Waals surface area contributed by atoms with Crippen LogP contribution in [0.3, 0.4) is 0 Å². The fraction of sp³-hybridized carbons (Fsp3) is 0.417. The Balaban J connectivity index is 2.09. The van der Waals surface area contributed by atoms with Gasteiger partial charge in [0.05, 0.1) is 19.8 Å². The zero-order valence-electron chi connectivity index (χ0n) is 18.5. The van der Waals surface area contributed by atoms with Crippen molar-refractivity contribution < 1.29 is 28.9 Å². The molecule has 0 aromatic heterocycles. The summed E-state index contributed by atoms with van der Waals surface area (Å²) < 4.78 is 16.1. The quantitative estimate of drug-likeness (QED) is 0.515. The van der Waals surface area contributed by atoms with Crippen LogP contribution in [0.5, 0.6) is 5.75 Å². The maximum Gasteiger partial charge on any atom is 0.338 e. The zero-order chi connectivity index (χ0) is 22.8. The van der Waals surface area contributed by atoms with Gasteiger partial charge in [-0.3, -0.25) is 9.69 Å². The molecule has 166 valence electrons. The summed E-state index contributed by atoms with van der Waals surface area (Å²) in [6.45, 7) is 7.20. The van der Waals surface area contributed by atoms with Crippen molar-refractivity contribution in [3.05, 3.63) is 59.7 Å². The van der Waals surface area contributed by atoms with Gasteiger partial charge >= 0.3 is 5.97 Å². The minimum Gasteiger partial charge on any atom is -0.497 e. The molecule has 1 saturated heterocycles. The summed E-state index contributed by atoms with van der Waals surface area (Å²) in [6, 6.07) is 13.6. The lowest BCUT2D eigenvalue weighted by Crippen LogP contribution is -2.75. The van der Waals surface area contributed by atoms with E-state index in [9.17, 15) is 14.7 Å². The van der Waals surface area contributed by atoms with Crippen molar-refractivity contribution in [1.29, 1.82) is 0 Å². The van der Waals surface area contributed by atoms with Gasteiger partial charge in [0, 0.05) is 5.69 Å². The predicted octanol–water partition coefficient (Wildman–Crippen LogP) is 3.18. The highest BCUT2D eigenvalue weighted by Gasteiger charge is 2.68. The first-order valence-electron chi connectivity index (χ1n) is 10.3. The number of rotatable bonds is 8. The largest absolute Gasteiger partial charge is 0.497 e. The molecule has 1 heterocycles. The highest BCUT2D eigenvalue weighted by molar-refractivity contribution is 6.11. The topological polar surface area (TPSA) is 85.3 Å². The van der Waals surface area contributed by atoms with E-state index in [1.54, 1.807) is 52.1 Å². The third-order valence-electron chi connectivity index (χ3n) is 5.29. The van der Waals surface area contributed by atoms with E-state index < -0.39 is 35.7 Å². The normalized spacial score (nSPS) is 21.6. The summed E-state index contributed by atoms with van der Waals surface area (Å²) in [5, 5.41) is 11.7. The zero-order valence-corrected chi connectivity index (χ0v) is 18.5. The molecule has 1 N–H and O–H groups in total. The van der Waals surface area contributed by atoms with E-state index in [1.165, 1.54) is 4.90 Å². The van der Waals surface area contributed by atoms with E-state index in [0.29, 0.717) is 17.0 Å². The lowest BCUT2D eigenvalue weighted by Gasteiger charge is -2.55. The van der Waals surface area contributed by atoms with Gasteiger partial charge in [-0.25, -0.2) is 4.79 Å². The second-order valence-electron chi connectivity index (χ2n) is 7.83. The Labute approximate surface area is 182 Å². The number of nitrogens with zero attached hydrogens (tertiary/aromatic N) is 1. The average molecular weight is 427 g/mol. The Morgan fingerprint density at radius 1 is 1.13 bits per heavy atom. The van der Waals surface area contributed by atoms with Crippen molar-refractivity contribution in [1.82, 2.24) is 0 Å². The van der Waals surface area contributed by atoms with E-state index in [2.05, 4.69) is 0 Å². The van der Waals surface area contributed by atoms with Crippen molar-refractivity contribution in [3.8, 4) is 5.75 Å². The van der Waals surface area contributed by atoms with Crippen molar-refractivity contribution in [3.63, 3.8) is 0 Å². The molecule has 2 aromatic rings. The maximum atomic E-state index is 13.4. The number of β-lactam (4-membered cyclic amide) rings is 1. The van der Waals surface area contributed by atoms with Crippen molar-refractivity contribution in [2.45, 2.75) is 51.5 Å². The van der Waals surface area contributed by atoms with Crippen LogP contribution in [0, 0.1) is 6.92 Å². The minimum absolute atomic E-state index is 0.110. The average Bonchev–Trinajstić information content (AvgIpc) is 2.76. The molecule has 7 heteroatoms. The Kier molecular flexibility index (Phi) is 6.67. The number of benzene rings is 2. The number of aliphatic hydroxyl groups is 1. The summed E-state index contributed by atoms with van der Waals surface area (Å²) in [5.41, 5.74) is 0.193. The number of ether oxygens (including phenoxy) is 3. The molecule has 0 spiro atoms. The molecular weight excluding hydrogens is 398 g/mol. The minimum atomic E-state index is -2.11. The molecule has 31 heavy (non-hydrogen) atoms. The molecule has 0 aliphatic carbocycles. The van der Waals surface area contributed by atoms with Crippen molar-refractivity contribution >= 4 is 17.6 Å². The Morgan fingerprint density at radius 2 is 1.74 bits per heavy atom. The number of anilines is 1. The number of methoxy groups -OCH3 is 1. The lowest BCUT2D eigenvalue weighted by molar-refractivity contribution is -0.202. The molecule has 7 nitrogen and oxygen atoms in total. The number of hydrogen-bond acceptors (Lipinski definition) is 6. The first-order valence-corrected chi connectivity index (χ1v) is 10.3. The second-order valence-corrected chi connectivity index (χ2v) is 7.83. The Hall–Kier alpha value is -2.90. The third kappa shape index (κ3) is 4.16. The van der Waals surface area contributed by atoms with E-state index in [1.807, 2.05) is 31.2 Å². The molecule has 2 aromatic carbocycles. The van der Waals surface area contributed by atoms with Gasteiger partial charge in [0.25, 0.3) is 5.91 Å². The van der Waals surface area contributed by atoms with Crippen LogP contribution in [0.15, 0.2) is 48.5 Å². The summed E-state index contributed by atoms with van der Waals surface area (Å²) >= 11 is 0. The van der Waals surface area contributed by atoms with Crippen LogP contribution in [0.2, 0.25) is 0 Å². The van der Waals surface area contributed by atoms with Crippen LogP contribution in [0.4, 0.5) is 5.69 Å². The number of carbonyl (C=O) groups excluding carboxylic acids is 2. The first-order chi connectivity index (χ1) is 14.7. The van der Waals surface area contributed by atoms with Gasteiger partial charge in [0.2, 0.25) is 5.60 Å². The van der Waals surface area contributed by atoms with Crippen LogP contribution in [0.1, 0.15) is 37.9 Å². The van der Waals surface area contributed by atoms with Crippen LogP contribution in [-0.2, 0) is 19.1 Å². The van der Waals surface area contributed by atoms with Crippen LogP contribution >= 0.6 is 0 Å². The van der Waals surface area contributed by atoms with Gasteiger partial charge in [-0.15, -0.1) is 0 Å². The molecule has 3 rings (SSSR count). The summed E-state index contributed by atoms with van der Waals surface area (Å²) in [6.07, 6.45) is -1.86. The smallest absolute Gasteiger partial charge is 0.338 e. The van der Waals surface area contributed by atoms with Gasteiger partial charge in [-0.2, -0.15) is 0 Å². The van der Waals surface area contributed by atoms with Crippen molar-refractivity contribution in [2.75, 3.05) is 18.6 Å². The Morgan fingerprint density at radius 3 is 2.26 bits per heavy atom. The monoisotopic (exact) mass is 427 g/mol. The van der Waals surface area contributed by atoms with Gasteiger partial charge < -0.3 is 19.3 Å². The highest BCUT2D eigenvalue weighted by Crippen LogP contribution is 2.49. The van der Waals surface area contributed by atoms with Crippen LogP contribution in [0.25, 0.3) is 0 Å². The van der Waals surface area contributed by atoms with E-state index in [0.717, 1.165) is 5.56 Å². The number of hydrogen-bond donors (Lipinski definition) is 1. The number of carbonyl (C=O) groups is 2. The van der Waals surface area contributed by atoms with Gasteiger partial charge in [-0.1, -0.05) is 29.8 Å². The molecule has 1 fully saturated rings. The predicted molar refractivity (Wildman–Crippen MR) is 116 cm³/mol. The highest BCUT2D eigenvalue weighted by atomic mass is 16.6. The van der Waals surface area contributed by atoms with Gasteiger partial charge in [0.15, 0.2) is 6.10 Å². The fourth-order valence-electron chi connectivity index (χ4n) is 3.80. The van der Waals surface area contributed by atoms with Crippen molar-refractivity contribution in [2.24, 2.45) is 0 Å². The number of esters is 1. The third-order valence-corrected chi connectivity index (χ3v) is 5.29. The molecule has 0 saturated carbocycles. The van der Waals surface area contributed by atoms with E-state index in [4.69, 9.17) is 14.2 Å². The van der Waals surface area contributed by atoms with E-state index >= 15 is 0 Å². The molecule has 0 unspecified atom stereocenters. The second kappa shape index (κ2) is 9.08. The summed E-state index contributed by atoms with van der Waals surface area (Å²) in [4.78, 5) is 27.6. The lowest BCUT2D eigenvalue weighted by atomic mass is 9.73. The SMILES string of the molecule is CCOC(=O)[C@@H](OC(C)C)[C@]1(O)C(=O)N(c2ccc(OC)cc2)[C@H]1c1ccc(C)cc1. The maximum absolute atomic E-state index is 13.4. The van der Waals surface area contributed by atoms with Gasteiger partial charge in [-0.05, 0) is 57.5 Å². The molecule has 3 atom stereocenters. The standard InChI is InChI=1S/C24H29NO6/c1-6-30-22(26)21(31-15(2)3)24(28)20(17-9-7-16(4)8-10-17)25(23(24)27)18-11-13-19(29-5)14-12-18/h7-15,20-21,28H,6H2,1-5H3/t20-,21+,24-/m0/s1. The molecule has 1 aliphatic heterocycles. The molecule has 1 amide bonds. The Bertz CT molecular complexity index is 924. The summed E-state index contributed by atoms with van der Waals surface area (Å²) in [5.74, 6) is -0.744. The molecule has 1 aliphatic rings. The molecule has 0 bridgehead atoms. The summed E-state index contributed by atoms with van der Waals surface area (Å²) in [7, 11) is 1.56. The van der Waals surface area contributed by atoms with E-state index in [-0.39, 0.29) is 6.61 Å². The van der Waals surface area contributed by atoms with Gasteiger partial charge in [0.1, 0.15) is 11.8 Å². The number of aryl methyl sites for hydroxylation is 1. The van der Waals surface area contributed by atoms with Crippen LogP contribution in [-0.4, -0.2) is 48.5 Å². The molecular formula is C24H29NO6. The van der Waals surface area contributed by atoms with Crippen LogP contribution < -0.4 is 9.64 Å². The molecule has 0 radical (unpaired) electrons. The fourth-order valence-corrected chi connectivity index (χ4v) is 3.80. The number of amides is 1.